The van der Waals surface area contributed by atoms with Crippen molar-refractivity contribution >= 4 is 16.7 Å². The Kier molecular flexibility index (Phi) is 5.81. The quantitative estimate of drug-likeness (QED) is 0.838. The van der Waals surface area contributed by atoms with Crippen molar-refractivity contribution in [3.05, 3.63) is 71.8 Å². The van der Waals surface area contributed by atoms with Crippen LogP contribution in [-0.2, 0) is 22.0 Å². The Hall–Kier alpha value is -1.94. The zero-order chi connectivity index (χ0) is 16.8. The summed E-state index contributed by atoms with van der Waals surface area (Å²) in [7, 11) is -0.751. The van der Waals surface area contributed by atoms with E-state index in [1.54, 1.807) is 0 Å². The molecule has 0 radical (unpaired) electrons. The van der Waals surface area contributed by atoms with Gasteiger partial charge in [-0.15, -0.1) is 0 Å². The van der Waals surface area contributed by atoms with Gasteiger partial charge in [0.2, 0.25) is 5.91 Å². The van der Waals surface area contributed by atoms with E-state index >= 15 is 0 Å². The molecule has 1 atom stereocenters. The molecule has 1 fully saturated rings. The summed E-state index contributed by atoms with van der Waals surface area (Å²) in [6.07, 6.45) is 1.36. The number of amides is 1. The van der Waals surface area contributed by atoms with E-state index in [-0.39, 0.29) is 11.8 Å². The van der Waals surface area contributed by atoms with E-state index in [4.69, 9.17) is 0 Å². The predicted octanol–water partition coefficient (Wildman–Crippen LogP) is 2.99. The molecule has 3 rings (SSSR count). The molecule has 0 bridgehead atoms. The summed E-state index contributed by atoms with van der Waals surface area (Å²) in [5.41, 5.74) is 2.45. The largest absolute Gasteiger partial charge is 0.341 e. The first-order chi connectivity index (χ1) is 11.7. The second-order valence-corrected chi connectivity index (χ2v) is 7.93. The van der Waals surface area contributed by atoms with Crippen molar-refractivity contribution in [2.75, 3.05) is 24.6 Å². The van der Waals surface area contributed by atoms with Gasteiger partial charge in [-0.25, -0.2) is 0 Å². The van der Waals surface area contributed by atoms with Crippen LogP contribution in [0.15, 0.2) is 60.7 Å². The average Bonchev–Trinajstić information content (AvgIpc) is 2.63. The van der Waals surface area contributed by atoms with Gasteiger partial charge in [0, 0.05) is 41.8 Å². The summed E-state index contributed by atoms with van der Waals surface area (Å²) < 4.78 is 11.5. The molecule has 1 heterocycles. The molecule has 1 aliphatic rings. The molecule has 126 valence electrons. The minimum Gasteiger partial charge on any atom is -0.341 e. The number of carbonyl (C=O) groups is 1. The lowest BCUT2D eigenvalue weighted by Crippen LogP contribution is -2.42. The van der Waals surface area contributed by atoms with E-state index in [0.29, 0.717) is 31.0 Å². The molecular formula is C20H23NO2S. The fraction of sp³-hybridized carbons (Fsp3) is 0.350. The van der Waals surface area contributed by atoms with Crippen LogP contribution in [0.25, 0.3) is 0 Å². The van der Waals surface area contributed by atoms with Crippen molar-refractivity contribution in [1.29, 1.82) is 0 Å². The van der Waals surface area contributed by atoms with Gasteiger partial charge < -0.3 is 4.90 Å². The second-order valence-electron chi connectivity index (χ2n) is 6.23. The Morgan fingerprint density at radius 2 is 1.54 bits per heavy atom. The lowest BCUT2D eigenvalue weighted by Gasteiger charge is -2.28. The third-order valence-corrected chi connectivity index (χ3v) is 5.82. The predicted molar refractivity (Wildman–Crippen MR) is 98.4 cm³/mol. The second kappa shape index (κ2) is 8.25. The summed E-state index contributed by atoms with van der Waals surface area (Å²) in [5, 5.41) is 0. The summed E-state index contributed by atoms with van der Waals surface area (Å²) in [6, 6.07) is 20.6. The zero-order valence-corrected chi connectivity index (χ0v) is 14.6. The van der Waals surface area contributed by atoms with Gasteiger partial charge in [0.25, 0.3) is 0 Å². The van der Waals surface area contributed by atoms with Gasteiger partial charge in [-0.2, -0.15) is 0 Å². The number of hydrogen-bond donors (Lipinski definition) is 0. The van der Waals surface area contributed by atoms with Gasteiger partial charge in [0.05, 0.1) is 0 Å². The van der Waals surface area contributed by atoms with Crippen LogP contribution in [0.2, 0.25) is 0 Å². The molecule has 0 saturated carbocycles. The maximum absolute atomic E-state index is 12.7. The van der Waals surface area contributed by atoms with Gasteiger partial charge in [0.15, 0.2) is 0 Å². The normalized spacial score (nSPS) is 16.8. The highest BCUT2D eigenvalue weighted by Gasteiger charge is 2.24. The van der Waals surface area contributed by atoms with Crippen LogP contribution < -0.4 is 0 Å². The van der Waals surface area contributed by atoms with Crippen LogP contribution >= 0.6 is 0 Å². The van der Waals surface area contributed by atoms with Crippen LogP contribution in [0.1, 0.15) is 23.5 Å². The smallest absolute Gasteiger partial charge is 0.223 e. The number of rotatable bonds is 5. The standard InChI is InChI=1S/C20H23NO2S/c22-20(21-11-13-24(23)14-12-21)16-19(18-9-5-2-6-10-18)15-17-7-3-1-4-8-17/h1-10,19H,11-16H2/t19-/m0/s1. The molecule has 1 saturated heterocycles. The molecule has 2 aromatic rings. The first-order valence-corrected chi connectivity index (χ1v) is 9.93. The number of benzene rings is 2. The third-order valence-electron chi connectivity index (χ3n) is 4.55. The minimum atomic E-state index is -0.751. The molecule has 3 nitrogen and oxygen atoms in total. The number of carbonyl (C=O) groups excluding carboxylic acids is 1. The zero-order valence-electron chi connectivity index (χ0n) is 13.8. The summed E-state index contributed by atoms with van der Waals surface area (Å²) >= 11 is 0. The van der Waals surface area contributed by atoms with E-state index in [2.05, 4.69) is 24.3 Å². The van der Waals surface area contributed by atoms with E-state index in [1.165, 1.54) is 11.1 Å². The summed E-state index contributed by atoms with van der Waals surface area (Å²) in [5.74, 6) is 1.57. The van der Waals surface area contributed by atoms with Gasteiger partial charge >= 0.3 is 0 Å². The molecule has 0 N–H and O–H groups in total. The maximum atomic E-state index is 12.7. The van der Waals surface area contributed by atoms with Crippen molar-refractivity contribution in [3.63, 3.8) is 0 Å². The van der Waals surface area contributed by atoms with E-state index in [9.17, 15) is 9.00 Å². The average molecular weight is 341 g/mol. The van der Waals surface area contributed by atoms with E-state index in [1.807, 2.05) is 41.3 Å². The first kappa shape index (κ1) is 16.9. The highest BCUT2D eigenvalue weighted by atomic mass is 32.2. The maximum Gasteiger partial charge on any atom is 0.223 e. The van der Waals surface area contributed by atoms with Crippen molar-refractivity contribution in [2.45, 2.75) is 18.8 Å². The molecule has 1 aliphatic heterocycles. The third kappa shape index (κ3) is 4.54. The summed E-state index contributed by atoms with van der Waals surface area (Å²) in [4.78, 5) is 14.6. The number of nitrogens with zero attached hydrogens (tertiary/aromatic N) is 1. The molecule has 2 aromatic carbocycles. The lowest BCUT2D eigenvalue weighted by atomic mass is 9.89. The van der Waals surface area contributed by atoms with Gasteiger partial charge in [-0.05, 0) is 23.5 Å². The molecular weight excluding hydrogens is 318 g/mol. The van der Waals surface area contributed by atoms with Crippen molar-refractivity contribution < 1.29 is 9.00 Å². The molecule has 1 amide bonds. The topological polar surface area (TPSA) is 37.4 Å². The lowest BCUT2D eigenvalue weighted by molar-refractivity contribution is -0.131. The minimum absolute atomic E-state index is 0.175. The van der Waals surface area contributed by atoms with Crippen LogP contribution in [-0.4, -0.2) is 39.6 Å². The van der Waals surface area contributed by atoms with E-state index in [0.717, 1.165) is 6.42 Å². The van der Waals surface area contributed by atoms with Gasteiger partial charge in [-0.3, -0.25) is 9.00 Å². The Morgan fingerprint density at radius 1 is 0.958 bits per heavy atom. The van der Waals surface area contributed by atoms with Crippen LogP contribution in [0.5, 0.6) is 0 Å². The van der Waals surface area contributed by atoms with Crippen LogP contribution in [0.4, 0.5) is 0 Å². The van der Waals surface area contributed by atoms with Crippen LogP contribution in [0, 0.1) is 0 Å². The Bertz CT molecular complexity index is 677. The SMILES string of the molecule is O=C(C[C@H](Cc1ccccc1)c1ccccc1)N1CCS(=O)CC1. The monoisotopic (exact) mass is 341 g/mol. The van der Waals surface area contributed by atoms with Crippen LogP contribution in [0.3, 0.4) is 0 Å². The molecule has 0 spiro atoms. The first-order valence-electron chi connectivity index (χ1n) is 8.44. The molecule has 0 unspecified atom stereocenters. The highest BCUT2D eigenvalue weighted by Crippen LogP contribution is 2.25. The molecule has 0 aliphatic carbocycles. The van der Waals surface area contributed by atoms with Crippen molar-refractivity contribution in [2.24, 2.45) is 0 Å². The number of hydrogen-bond acceptors (Lipinski definition) is 2. The van der Waals surface area contributed by atoms with Crippen molar-refractivity contribution in [3.8, 4) is 0 Å². The van der Waals surface area contributed by atoms with Crippen molar-refractivity contribution in [1.82, 2.24) is 4.90 Å². The molecule has 0 aromatic heterocycles. The molecule has 4 heteroatoms. The highest BCUT2D eigenvalue weighted by molar-refractivity contribution is 7.85. The van der Waals surface area contributed by atoms with E-state index < -0.39 is 10.8 Å². The fourth-order valence-corrected chi connectivity index (χ4v) is 4.21. The van der Waals surface area contributed by atoms with Gasteiger partial charge in [0.1, 0.15) is 0 Å². The Balaban J connectivity index is 1.72. The Morgan fingerprint density at radius 3 is 2.17 bits per heavy atom. The molecule has 24 heavy (non-hydrogen) atoms. The Labute approximate surface area is 146 Å². The fourth-order valence-electron chi connectivity index (χ4n) is 3.16. The summed E-state index contributed by atoms with van der Waals surface area (Å²) in [6.45, 7) is 1.25. The van der Waals surface area contributed by atoms with Gasteiger partial charge in [-0.1, -0.05) is 60.7 Å².